The van der Waals surface area contributed by atoms with Crippen molar-refractivity contribution in [2.24, 2.45) is 11.8 Å². The molecule has 1 rings (SSSR count). The van der Waals surface area contributed by atoms with Crippen LogP contribution in [0.25, 0.3) is 0 Å². The van der Waals surface area contributed by atoms with Crippen molar-refractivity contribution < 1.29 is 34.4 Å². The van der Waals surface area contributed by atoms with Crippen molar-refractivity contribution in [1.82, 2.24) is 0 Å². The third-order valence-corrected chi connectivity index (χ3v) is 4.92. The Morgan fingerprint density at radius 2 is 1.76 bits per heavy atom. The summed E-state index contributed by atoms with van der Waals surface area (Å²) in [4.78, 5) is 24.2. The molecular weight excluding hydrogens is 328 g/mol. The highest BCUT2D eigenvalue weighted by atomic mass is 16.6. The van der Waals surface area contributed by atoms with Crippen LogP contribution in [0.3, 0.4) is 0 Å². The van der Waals surface area contributed by atoms with Crippen molar-refractivity contribution in [1.29, 1.82) is 0 Å². The summed E-state index contributed by atoms with van der Waals surface area (Å²) in [5.74, 6) is -3.24. The molecule has 1 aliphatic rings. The normalized spacial score (nSPS) is 34.6. The second-order valence-electron chi connectivity index (χ2n) is 6.54. The van der Waals surface area contributed by atoms with E-state index in [4.69, 9.17) is 9.47 Å². The van der Waals surface area contributed by atoms with Crippen LogP contribution in [-0.4, -0.2) is 58.3 Å². The van der Waals surface area contributed by atoms with Gasteiger partial charge in [-0.05, 0) is 34.6 Å². The number of esters is 2. The SMILES string of the molecule is C/C=C(\C)C(=O)O[C@H]1[C@@H](O)[C@H](/C(=C\C)C(=O)OC)[C@H](C(C)O)[C@@]1(C)O. The Morgan fingerprint density at radius 1 is 1.20 bits per heavy atom. The zero-order chi connectivity index (χ0) is 19.5. The molecule has 3 N–H and O–H groups in total. The lowest BCUT2D eigenvalue weighted by atomic mass is 9.79. The summed E-state index contributed by atoms with van der Waals surface area (Å²) in [6.45, 7) is 7.63. The molecule has 0 heterocycles. The number of rotatable bonds is 5. The average Bonchev–Trinajstić information content (AvgIpc) is 2.74. The summed E-state index contributed by atoms with van der Waals surface area (Å²) in [7, 11) is 1.20. The summed E-state index contributed by atoms with van der Waals surface area (Å²) >= 11 is 0. The first-order chi connectivity index (χ1) is 11.5. The summed E-state index contributed by atoms with van der Waals surface area (Å²) in [5, 5.41) is 31.8. The fraction of sp³-hybridized carbons (Fsp3) is 0.667. The molecule has 0 amide bonds. The maximum Gasteiger partial charge on any atom is 0.333 e. The number of allylic oxidation sites excluding steroid dienone is 2. The van der Waals surface area contributed by atoms with E-state index in [2.05, 4.69) is 0 Å². The van der Waals surface area contributed by atoms with Gasteiger partial charge < -0.3 is 24.8 Å². The number of aliphatic hydroxyl groups excluding tert-OH is 2. The van der Waals surface area contributed by atoms with Crippen LogP contribution in [-0.2, 0) is 19.1 Å². The van der Waals surface area contributed by atoms with E-state index in [9.17, 15) is 24.9 Å². The maximum absolute atomic E-state index is 12.1. The summed E-state index contributed by atoms with van der Waals surface area (Å²) in [6, 6.07) is 0. The molecular formula is C18H28O7. The van der Waals surface area contributed by atoms with Crippen LogP contribution in [0.1, 0.15) is 34.6 Å². The topological polar surface area (TPSA) is 113 Å². The minimum atomic E-state index is -1.75. The number of ether oxygens (including phenoxy) is 2. The van der Waals surface area contributed by atoms with Gasteiger partial charge in [0.05, 0.1) is 13.2 Å². The lowest BCUT2D eigenvalue weighted by Gasteiger charge is -2.33. The zero-order valence-corrected chi connectivity index (χ0v) is 15.5. The molecule has 0 spiro atoms. The Balaban J connectivity index is 3.35. The van der Waals surface area contributed by atoms with Gasteiger partial charge in [-0.15, -0.1) is 0 Å². The molecule has 0 aliphatic heterocycles. The van der Waals surface area contributed by atoms with Crippen molar-refractivity contribution in [3.8, 4) is 0 Å². The molecule has 1 unspecified atom stereocenters. The highest BCUT2D eigenvalue weighted by molar-refractivity contribution is 5.89. The first-order valence-corrected chi connectivity index (χ1v) is 8.21. The average molecular weight is 356 g/mol. The van der Waals surface area contributed by atoms with E-state index in [1.807, 2.05) is 0 Å². The van der Waals surface area contributed by atoms with E-state index in [1.165, 1.54) is 27.0 Å². The predicted octanol–water partition coefficient (Wildman–Crippen LogP) is 0.722. The van der Waals surface area contributed by atoms with E-state index in [0.717, 1.165) is 0 Å². The van der Waals surface area contributed by atoms with Crippen molar-refractivity contribution in [2.45, 2.75) is 58.5 Å². The van der Waals surface area contributed by atoms with Crippen molar-refractivity contribution in [2.75, 3.05) is 7.11 Å². The standard InChI is InChI=1S/C18H28O7/c1-7-9(3)16(21)25-15-14(20)12(11(8-2)17(22)24-6)13(10(4)19)18(15,5)23/h7-8,10,12-15,19-20,23H,1-6H3/b9-7+,11-8+/t10?,12-,13+,14+,15+,18-/m1/s1. The molecule has 7 nitrogen and oxygen atoms in total. The molecule has 0 aromatic carbocycles. The van der Waals surface area contributed by atoms with Crippen LogP contribution >= 0.6 is 0 Å². The molecule has 0 bridgehead atoms. The fourth-order valence-corrected chi connectivity index (χ4v) is 3.54. The Hall–Kier alpha value is -1.70. The van der Waals surface area contributed by atoms with E-state index >= 15 is 0 Å². The molecule has 0 aromatic rings. The minimum Gasteiger partial charge on any atom is -0.466 e. The molecule has 0 aromatic heterocycles. The molecule has 1 fully saturated rings. The van der Waals surface area contributed by atoms with Gasteiger partial charge in [0, 0.05) is 23.0 Å². The molecule has 0 radical (unpaired) electrons. The maximum atomic E-state index is 12.1. The first-order valence-electron chi connectivity index (χ1n) is 8.21. The van der Waals surface area contributed by atoms with Crippen molar-refractivity contribution in [3.05, 3.63) is 23.3 Å². The Labute approximate surface area is 147 Å². The lowest BCUT2D eigenvalue weighted by molar-refractivity contribution is -0.169. The number of carbonyl (C=O) groups excluding carboxylic acids is 2. The van der Waals surface area contributed by atoms with Gasteiger partial charge in [0.1, 0.15) is 11.7 Å². The van der Waals surface area contributed by atoms with Crippen LogP contribution in [0.5, 0.6) is 0 Å². The number of carbonyl (C=O) groups is 2. The number of hydrogen-bond donors (Lipinski definition) is 3. The van der Waals surface area contributed by atoms with Gasteiger partial charge in [0.15, 0.2) is 6.10 Å². The summed E-state index contributed by atoms with van der Waals surface area (Å²) in [5.41, 5.74) is -1.31. The molecule has 25 heavy (non-hydrogen) atoms. The smallest absolute Gasteiger partial charge is 0.333 e. The largest absolute Gasteiger partial charge is 0.466 e. The van der Waals surface area contributed by atoms with Crippen LogP contribution < -0.4 is 0 Å². The first kappa shape index (κ1) is 21.3. The molecule has 0 saturated heterocycles. The van der Waals surface area contributed by atoms with E-state index in [-0.39, 0.29) is 5.57 Å². The predicted molar refractivity (Wildman–Crippen MR) is 90.4 cm³/mol. The third-order valence-electron chi connectivity index (χ3n) is 4.92. The number of aliphatic hydroxyl groups is 3. The molecule has 1 saturated carbocycles. The Bertz CT molecular complexity index is 574. The van der Waals surface area contributed by atoms with Gasteiger partial charge in [-0.2, -0.15) is 0 Å². The second-order valence-corrected chi connectivity index (χ2v) is 6.54. The van der Waals surface area contributed by atoms with Gasteiger partial charge >= 0.3 is 11.9 Å². The Kier molecular flexibility index (Phi) is 6.93. The van der Waals surface area contributed by atoms with E-state index in [0.29, 0.717) is 5.57 Å². The van der Waals surface area contributed by atoms with Gasteiger partial charge in [-0.1, -0.05) is 12.2 Å². The van der Waals surface area contributed by atoms with Crippen LogP contribution in [0.4, 0.5) is 0 Å². The number of hydrogen-bond acceptors (Lipinski definition) is 7. The Morgan fingerprint density at radius 3 is 2.16 bits per heavy atom. The van der Waals surface area contributed by atoms with E-state index < -0.39 is 47.7 Å². The van der Waals surface area contributed by atoms with Crippen LogP contribution in [0, 0.1) is 11.8 Å². The second kappa shape index (κ2) is 8.12. The van der Waals surface area contributed by atoms with Crippen LogP contribution in [0.2, 0.25) is 0 Å². The third kappa shape index (κ3) is 3.94. The number of methoxy groups -OCH3 is 1. The van der Waals surface area contributed by atoms with E-state index in [1.54, 1.807) is 26.8 Å². The van der Waals surface area contributed by atoms with Crippen molar-refractivity contribution >= 4 is 11.9 Å². The summed E-state index contributed by atoms with van der Waals surface area (Å²) in [6.07, 6.45) is -0.742. The lowest BCUT2D eigenvalue weighted by Crippen LogP contribution is -2.48. The molecule has 7 heteroatoms. The van der Waals surface area contributed by atoms with Crippen molar-refractivity contribution in [3.63, 3.8) is 0 Å². The van der Waals surface area contributed by atoms with Gasteiger partial charge in [-0.3, -0.25) is 0 Å². The molecule has 1 aliphatic carbocycles. The molecule has 6 atom stereocenters. The quantitative estimate of drug-likeness (QED) is 0.491. The van der Waals surface area contributed by atoms with Gasteiger partial charge in [0.25, 0.3) is 0 Å². The molecule has 142 valence electrons. The summed E-state index contributed by atoms with van der Waals surface area (Å²) < 4.78 is 10.0. The monoisotopic (exact) mass is 356 g/mol. The minimum absolute atomic E-state index is 0.113. The highest BCUT2D eigenvalue weighted by Gasteiger charge is 2.62. The van der Waals surface area contributed by atoms with Gasteiger partial charge in [-0.25, -0.2) is 9.59 Å². The zero-order valence-electron chi connectivity index (χ0n) is 15.5. The fourth-order valence-electron chi connectivity index (χ4n) is 3.54. The van der Waals surface area contributed by atoms with Gasteiger partial charge in [0.2, 0.25) is 0 Å². The highest BCUT2D eigenvalue weighted by Crippen LogP contribution is 2.47. The van der Waals surface area contributed by atoms with Crippen LogP contribution in [0.15, 0.2) is 23.3 Å².